The van der Waals surface area contributed by atoms with Crippen molar-refractivity contribution in [2.75, 3.05) is 27.2 Å². The van der Waals surface area contributed by atoms with Crippen molar-refractivity contribution in [1.29, 1.82) is 0 Å². The fourth-order valence-electron chi connectivity index (χ4n) is 3.42. The molecule has 0 bridgehead atoms. The predicted molar refractivity (Wildman–Crippen MR) is 105 cm³/mol. The van der Waals surface area contributed by atoms with Gasteiger partial charge in [-0.1, -0.05) is 0 Å². The van der Waals surface area contributed by atoms with Crippen molar-refractivity contribution in [3.8, 4) is 0 Å². The van der Waals surface area contributed by atoms with E-state index in [1.807, 2.05) is 26.8 Å². The van der Waals surface area contributed by atoms with Gasteiger partial charge in [0, 0.05) is 29.3 Å². The molecular formula is C21H27N2O4+. The number of hydrogen-bond acceptors (Lipinski definition) is 4. The molecule has 3 aromatic rings. The number of benzene rings is 1. The maximum atomic E-state index is 12.5. The Morgan fingerprint density at radius 2 is 1.85 bits per heavy atom. The molecule has 2 aromatic heterocycles. The lowest BCUT2D eigenvalue weighted by atomic mass is 9.99. The van der Waals surface area contributed by atoms with Gasteiger partial charge < -0.3 is 19.1 Å². The molecule has 27 heavy (non-hydrogen) atoms. The molecule has 144 valence electrons. The molecule has 1 aromatic carbocycles. The summed E-state index contributed by atoms with van der Waals surface area (Å²) in [5.74, 6) is -0.157. The van der Waals surface area contributed by atoms with Gasteiger partial charge in [0.2, 0.25) is 5.91 Å². The number of quaternary nitrogens is 1. The fraction of sp³-hybridized carbons (Fsp3) is 0.429. The van der Waals surface area contributed by atoms with Crippen LogP contribution in [0.25, 0.3) is 21.9 Å². The summed E-state index contributed by atoms with van der Waals surface area (Å²) in [6.45, 7) is 7.33. The molecular weight excluding hydrogens is 344 g/mol. The van der Waals surface area contributed by atoms with Crippen LogP contribution in [-0.4, -0.2) is 33.1 Å². The van der Waals surface area contributed by atoms with Crippen LogP contribution in [0, 0.1) is 20.8 Å². The third kappa shape index (κ3) is 3.76. The number of nitrogens with one attached hydrogen (secondary N) is 2. The molecule has 6 nitrogen and oxygen atoms in total. The van der Waals surface area contributed by atoms with Gasteiger partial charge in [0.25, 0.3) is 0 Å². The molecule has 6 heteroatoms. The molecule has 0 aliphatic rings. The van der Waals surface area contributed by atoms with Crippen LogP contribution in [0.4, 0.5) is 0 Å². The van der Waals surface area contributed by atoms with E-state index in [1.54, 1.807) is 6.26 Å². The quantitative estimate of drug-likeness (QED) is 0.510. The first kappa shape index (κ1) is 19.2. The number of amides is 1. The Morgan fingerprint density at radius 1 is 1.11 bits per heavy atom. The number of carbonyl (C=O) groups is 1. The van der Waals surface area contributed by atoms with Gasteiger partial charge in [-0.2, -0.15) is 0 Å². The fourth-order valence-corrected chi connectivity index (χ4v) is 3.42. The molecule has 2 N–H and O–H groups in total. The van der Waals surface area contributed by atoms with Crippen molar-refractivity contribution in [3.05, 3.63) is 45.0 Å². The first-order valence-corrected chi connectivity index (χ1v) is 9.29. The molecule has 0 aliphatic heterocycles. The van der Waals surface area contributed by atoms with Crippen molar-refractivity contribution < 1.29 is 18.5 Å². The highest BCUT2D eigenvalue weighted by molar-refractivity contribution is 6.00. The Bertz CT molecular complexity index is 1060. The normalized spacial score (nSPS) is 11.6. The largest absolute Gasteiger partial charge is 0.464 e. The highest BCUT2D eigenvalue weighted by Crippen LogP contribution is 2.32. The highest BCUT2D eigenvalue weighted by Gasteiger charge is 2.19. The summed E-state index contributed by atoms with van der Waals surface area (Å²) in [4.78, 5) is 26.1. The molecule has 0 fully saturated rings. The van der Waals surface area contributed by atoms with E-state index >= 15 is 0 Å². The van der Waals surface area contributed by atoms with Gasteiger partial charge in [0.1, 0.15) is 11.2 Å². The van der Waals surface area contributed by atoms with Gasteiger partial charge >= 0.3 is 5.63 Å². The lowest BCUT2D eigenvalue weighted by molar-refractivity contribution is -0.858. The highest BCUT2D eigenvalue weighted by atomic mass is 16.4. The van der Waals surface area contributed by atoms with Crippen molar-refractivity contribution in [3.63, 3.8) is 0 Å². The maximum Gasteiger partial charge on any atom is 0.340 e. The second kappa shape index (κ2) is 7.56. The average Bonchev–Trinajstić information content (AvgIpc) is 2.98. The first-order chi connectivity index (χ1) is 12.8. The van der Waals surface area contributed by atoms with E-state index in [-0.39, 0.29) is 12.3 Å². The summed E-state index contributed by atoms with van der Waals surface area (Å²) in [5, 5.41) is 4.74. The molecule has 0 saturated carbocycles. The van der Waals surface area contributed by atoms with Crippen LogP contribution in [0.2, 0.25) is 0 Å². The van der Waals surface area contributed by atoms with E-state index in [1.165, 1.54) is 4.90 Å². The summed E-state index contributed by atoms with van der Waals surface area (Å²) in [6, 6.07) is 1.98. The standard InChI is InChI=1S/C21H26N2O4/c1-12-11-26-19-14(3)20-16(9-15(12)19)13(2)17(21(25)27-20)10-18(24)22-7-6-8-23(4)5/h9,11H,6-8,10H2,1-5H3,(H,22,24)/p+1. The molecule has 0 unspecified atom stereocenters. The summed E-state index contributed by atoms with van der Waals surface area (Å²) in [6.07, 6.45) is 2.63. The zero-order valence-corrected chi connectivity index (χ0v) is 16.6. The number of rotatable bonds is 6. The van der Waals surface area contributed by atoms with Crippen molar-refractivity contribution in [2.24, 2.45) is 0 Å². The maximum absolute atomic E-state index is 12.5. The van der Waals surface area contributed by atoms with Gasteiger partial charge in [-0.25, -0.2) is 4.79 Å². The number of carbonyl (C=O) groups excluding carboxylic acids is 1. The zero-order chi connectivity index (χ0) is 19.7. The Balaban J connectivity index is 1.92. The number of furan rings is 1. The van der Waals surface area contributed by atoms with Crippen molar-refractivity contribution in [2.45, 2.75) is 33.6 Å². The Labute approximate surface area is 158 Å². The Kier molecular flexibility index (Phi) is 5.37. The lowest BCUT2D eigenvalue weighted by Gasteiger charge is -2.11. The number of aryl methyl sites for hydroxylation is 3. The van der Waals surface area contributed by atoms with Crippen LogP contribution in [0.15, 0.2) is 26.0 Å². The van der Waals surface area contributed by atoms with Gasteiger partial charge in [-0.15, -0.1) is 0 Å². The summed E-state index contributed by atoms with van der Waals surface area (Å²) in [7, 11) is 4.15. The zero-order valence-electron chi connectivity index (χ0n) is 16.6. The second-order valence-corrected chi connectivity index (χ2v) is 7.50. The molecule has 0 saturated heterocycles. The van der Waals surface area contributed by atoms with E-state index < -0.39 is 5.63 Å². The van der Waals surface area contributed by atoms with Crippen LogP contribution >= 0.6 is 0 Å². The molecule has 3 rings (SSSR count). The van der Waals surface area contributed by atoms with Crippen LogP contribution < -0.4 is 15.8 Å². The van der Waals surface area contributed by atoms with Gasteiger partial charge in [0.05, 0.1) is 38.9 Å². The van der Waals surface area contributed by atoms with Crippen LogP contribution in [0.5, 0.6) is 0 Å². The Hall–Kier alpha value is -2.60. The summed E-state index contributed by atoms with van der Waals surface area (Å²) >= 11 is 0. The van der Waals surface area contributed by atoms with E-state index in [0.717, 1.165) is 46.0 Å². The van der Waals surface area contributed by atoms with Crippen LogP contribution in [0.1, 0.15) is 28.7 Å². The number of hydrogen-bond donors (Lipinski definition) is 2. The minimum absolute atomic E-state index is 0.0282. The molecule has 0 radical (unpaired) electrons. The molecule has 0 aliphatic carbocycles. The molecule has 0 spiro atoms. The molecule has 1 amide bonds. The van der Waals surface area contributed by atoms with Crippen LogP contribution in [0.3, 0.4) is 0 Å². The SMILES string of the molecule is Cc1coc2c(C)c3oc(=O)c(CC(=O)NCCC[NH+](C)C)c(C)c3cc12. The third-order valence-electron chi connectivity index (χ3n) is 5.05. The van der Waals surface area contributed by atoms with Crippen molar-refractivity contribution >= 4 is 27.8 Å². The summed E-state index contributed by atoms with van der Waals surface area (Å²) < 4.78 is 11.2. The minimum Gasteiger partial charge on any atom is -0.464 e. The summed E-state index contributed by atoms with van der Waals surface area (Å²) in [5.41, 5.74) is 3.84. The average molecular weight is 371 g/mol. The predicted octanol–water partition coefficient (Wildman–Crippen LogP) is 1.66. The number of fused-ring (bicyclic) bond motifs is 2. The van der Waals surface area contributed by atoms with Gasteiger partial charge in [-0.3, -0.25) is 4.79 Å². The van der Waals surface area contributed by atoms with Crippen molar-refractivity contribution in [1.82, 2.24) is 5.32 Å². The molecule has 0 atom stereocenters. The minimum atomic E-state index is -0.460. The lowest BCUT2D eigenvalue weighted by Crippen LogP contribution is -3.05. The van der Waals surface area contributed by atoms with E-state index in [2.05, 4.69) is 19.4 Å². The van der Waals surface area contributed by atoms with Gasteiger partial charge in [-0.05, 0) is 38.0 Å². The Morgan fingerprint density at radius 3 is 2.56 bits per heavy atom. The monoisotopic (exact) mass is 371 g/mol. The third-order valence-corrected chi connectivity index (χ3v) is 5.05. The van der Waals surface area contributed by atoms with E-state index in [9.17, 15) is 9.59 Å². The topological polar surface area (TPSA) is 76.9 Å². The van der Waals surface area contributed by atoms with Gasteiger partial charge in [0.15, 0.2) is 0 Å². The molecule has 2 heterocycles. The second-order valence-electron chi connectivity index (χ2n) is 7.50. The van der Waals surface area contributed by atoms with E-state index in [0.29, 0.717) is 17.7 Å². The van der Waals surface area contributed by atoms with E-state index in [4.69, 9.17) is 8.83 Å². The smallest absolute Gasteiger partial charge is 0.340 e. The first-order valence-electron chi connectivity index (χ1n) is 9.29. The van der Waals surface area contributed by atoms with Crippen LogP contribution in [-0.2, 0) is 11.2 Å².